The number of aromatic nitrogens is 2. The molecule has 0 amide bonds. The number of hydrogen-bond acceptors (Lipinski definition) is 2. The van der Waals surface area contributed by atoms with Gasteiger partial charge in [-0.25, -0.2) is 0 Å². The zero-order valence-corrected chi connectivity index (χ0v) is 8.13. The summed E-state index contributed by atoms with van der Waals surface area (Å²) in [6.07, 6.45) is 2.39. The molecule has 0 spiro atoms. The van der Waals surface area contributed by atoms with E-state index in [4.69, 9.17) is 5.11 Å². The Morgan fingerprint density at radius 2 is 2.27 bits per heavy atom. The Morgan fingerprint density at radius 3 is 3.07 bits per heavy atom. The molecular weight excluding hydrogens is 192 g/mol. The number of para-hydroxylation sites is 1. The summed E-state index contributed by atoms with van der Waals surface area (Å²) in [5.74, 6) is -0.789. The lowest BCUT2D eigenvalue weighted by atomic mass is 10.2. The predicted octanol–water partition coefficient (Wildman–Crippen LogP) is 1.91. The summed E-state index contributed by atoms with van der Waals surface area (Å²) in [4.78, 5) is 10.3. The number of aliphatic carboxylic acids is 1. The van der Waals surface area contributed by atoms with Crippen molar-refractivity contribution in [2.75, 3.05) is 0 Å². The summed E-state index contributed by atoms with van der Waals surface area (Å²) in [5, 5.41) is 13.7. The molecule has 0 unspecified atom stereocenters. The van der Waals surface area contributed by atoms with Crippen LogP contribution in [0.25, 0.3) is 10.9 Å². The van der Waals surface area contributed by atoms with Gasteiger partial charge in [-0.2, -0.15) is 5.10 Å². The van der Waals surface area contributed by atoms with Crippen molar-refractivity contribution in [3.63, 3.8) is 0 Å². The molecule has 4 nitrogen and oxygen atoms in total. The Morgan fingerprint density at radius 1 is 1.47 bits per heavy atom. The fraction of sp³-hybridized carbons (Fsp3) is 0.182. The molecule has 1 aromatic carbocycles. The van der Waals surface area contributed by atoms with Crippen LogP contribution in [0, 0.1) is 6.54 Å². The number of carbonyl (C=O) groups is 1. The highest BCUT2D eigenvalue weighted by Gasteiger charge is 2.02. The number of hydrogen-bond donors (Lipinski definition) is 1. The molecule has 1 aromatic heterocycles. The molecule has 4 heteroatoms. The average molecular weight is 203 g/mol. The fourth-order valence-corrected chi connectivity index (χ4v) is 1.45. The highest BCUT2D eigenvalue weighted by atomic mass is 16.4. The summed E-state index contributed by atoms with van der Waals surface area (Å²) in [6, 6.07) is 7.82. The second kappa shape index (κ2) is 4.13. The number of carboxylic acids is 1. The molecule has 0 atom stereocenters. The topological polar surface area (TPSA) is 55.1 Å². The first-order valence-corrected chi connectivity index (χ1v) is 4.75. The van der Waals surface area contributed by atoms with Crippen LogP contribution in [0.1, 0.15) is 12.8 Å². The zero-order chi connectivity index (χ0) is 10.7. The largest absolute Gasteiger partial charge is 0.481 e. The molecule has 0 bridgehead atoms. The lowest BCUT2D eigenvalue weighted by molar-refractivity contribution is -0.137. The fourth-order valence-electron chi connectivity index (χ4n) is 1.45. The van der Waals surface area contributed by atoms with E-state index >= 15 is 0 Å². The van der Waals surface area contributed by atoms with Gasteiger partial charge in [-0.05, 0) is 12.5 Å². The van der Waals surface area contributed by atoms with Gasteiger partial charge in [-0.1, -0.05) is 18.2 Å². The van der Waals surface area contributed by atoms with Crippen LogP contribution in [0.15, 0.2) is 30.5 Å². The quantitative estimate of drug-likeness (QED) is 0.825. The number of fused-ring (bicyclic) bond motifs is 1. The van der Waals surface area contributed by atoms with Gasteiger partial charge >= 0.3 is 5.97 Å². The van der Waals surface area contributed by atoms with Crippen LogP contribution < -0.4 is 0 Å². The molecule has 0 fully saturated rings. The monoisotopic (exact) mass is 203 g/mol. The smallest absolute Gasteiger partial charge is 0.303 e. The molecule has 0 aliphatic heterocycles. The van der Waals surface area contributed by atoms with Crippen molar-refractivity contribution < 1.29 is 9.90 Å². The molecule has 0 saturated carbocycles. The lowest BCUT2D eigenvalue weighted by Crippen LogP contribution is -2.00. The van der Waals surface area contributed by atoms with E-state index in [-0.39, 0.29) is 6.42 Å². The van der Waals surface area contributed by atoms with E-state index in [0.29, 0.717) is 6.42 Å². The van der Waals surface area contributed by atoms with Gasteiger partial charge in [0, 0.05) is 11.8 Å². The van der Waals surface area contributed by atoms with E-state index in [1.54, 1.807) is 17.4 Å². The number of rotatable bonds is 4. The van der Waals surface area contributed by atoms with Gasteiger partial charge in [-0.3, -0.25) is 9.48 Å². The average Bonchev–Trinajstić information content (AvgIpc) is 2.62. The molecule has 1 heterocycles. The molecule has 2 rings (SSSR count). The second-order valence-electron chi connectivity index (χ2n) is 3.26. The van der Waals surface area contributed by atoms with Crippen LogP contribution in [-0.2, 0) is 4.79 Å². The Bertz CT molecular complexity index is 476. The van der Waals surface area contributed by atoms with E-state index in [0.717, 1.165) is 10.9 Å². The van der Waals surface area contributed by atoms with Crippen LogP contribution in [0.3, 0.4) is 0 Å². The van der Waals surface area contributed by atoms with Gasteiger partial charge in [0.1, 0.15) is 0 Å². The van der Waals surface area contributed by atoms with Crippen molar-refractivity contribution >= 4 is 16.9 Å². The minimum atomic E-state index is -0.789. The van der Waals surface area contributed by atoms with Crippen LogP contribution in [0.5, 0.6) is 0 Å². The maximum atomic E-state index is 10.3. The minimum Gasteiger partial charge on any atom is -0.481 e. The van der Waals surface area contributed by atoms with Crippen molar-refractivity contribution in [2.45, 2.75) is 12.8 Å². The molecule has 0 saturated heterocycles. The maximum Gasteiger partial charge on any atom is 0.303 e. The Balaban J connectivity index is 2.11. The first-order valence-electron chi connectivity index (χ1n) is 4.75. The van der Waals surface area contributed by atoms with E-state index < -0.39 is 5.97 Å². The standard InChI is InChI=1S/C11H11N2O2/c14-11(15)6-3-7-13-10-5-2-1-4-9(10)8-12-13/h1-2,4-5,7-8H,3,6H2,(H,14,15). The first-order chi connectivity index (χ1) is 7.27. The van der Waals surface area contributed by atoms with Crippen molar-refractivity contribution in [3.05, 3.63) is 37.0 Å². The van der Waals surface area contributed by atoms with E-state index in [1.165, 1.54) is 0 Å². The summed E-state index contributed by atoms with van der Waals surface area (Å²) in [6.45, 7) is 1.79. The Hall–Kier alpha value is -1.84. The first kappa shape index (κ1) is 9.71. The highest BCUT2D eigenvalue weighted by molar-refractivity contribution is 5.78. The number of carboxylic acid groups (broad SMARTS) is 1. The van der Waals surface area contributed by atoms with Gasteiger partial charge in [0.25, 0.3) is 0 Å². The van der Waals surface area contributed by atoms with E-state index in [9.17, 15) is 4.79 Å². The van der Waals surface area contributed by atoms with Crippen LogP contribution >= 0.6 is 0 Å². The third-order valence-corrected chi connectivity index (χ3v) is 2.17. The van der Waals surface area contributed by atoms with Crippen molar-refractivity contribution in [1.82, 2.24) is 9.78 Å². The minimum absolute atomic E-state index is 0.133. The van der Waals surface area contributed by atoms with Crippen molar-refractivity contribution in [3.8, 4) is 0 Å². The van der Waals surface area contributed by atoms with Crippen LogP contribution in [0.2, 0.25) is 0 Å². The molecule has 0 aliphatic carbocycles. The summed E-state index contributed by atoms with van der Waals surface area (Å²) >= 11 is 0. The zero-order valence-electron chi connectivity index (χ0n) is 8.13. The van der Waals surface area contributed by atoms with Crippen LogP contribution in [-0.4, -0.2) is 20.9 Å². The second-order valence-corrected chi connectivity index (χ2v) is 3.26. The molecular formula is C11H11N2O2. The van der Waals surface area contributed by atoms with Gasteiger partial charge < -0.3 is 5.11 Å². The lowest BCUT2D eigenvalue weighted by Gasteiger charge is -2.00. The third kappa shape index (κ3) is 2.15. The van der Waals surface area contributed by atoms with E-state index in [2.05, 4.69) is 5.10 Å². The Kier molecular flexibility index (Phi) is 2.67. The number of benzene rings is 1. The van der Waals surface area contributed by atoms with Gasteiger partial charge in [0.05, 0.1) is 18.3 Å². The van der Waals surface area contributed by atoms with E-state index in [1.807, 2.05) is 24.3 Å². The summed E-state index contributed by atoms with van der Waals surface area (Å²) < 4.78 is 1.72. The molecule has 2 aromatic rings. The Labute approximate surface area is 87.1 Å². The van der Waals surface area contributed by atoms with Crippen molar-refractivity contribution in [1.29, 1.82) is 0 Å². The molecule has 1 N–H and O–H groups in total. The molecule has 0 aliphatic rings. The summed E-state index contributed by atoms with van der Waals surface area (Å²) in [5.41, 5.74) is 1.00. The summed E-state index contributed by atoms with van der Waals surface area (Å²) in [7, 11) is 0. The SMILES string of the molecule is O=C(O)CC[CH]n1ncc2ccccc21. The third-order valence-electron chi connectivity index (χ3n) is 2.17. The maximum absolute atomic E-state index is 10.3. The molecule has 77 valence electrons. The highest BCUT2D eigenvalue weighted by Crippen LogP contribution is 2.13. The normalized spacial score (nSPS) is 10.7. The van der Waals surface area contributed by atoms with Crippen molar-refractivity contribution in [2.24, 2.45) is 0 Å². The molecule has 15 heavy (non-hydrogen) atoms. The predicted molar refractivity (Wildman–Crippen MR) is 56.3 cm³/mol. The van der Waals surface area contributed by atoms with Gasteiger partial charge in [-0.15, -0.1) is 0 Å². The number of nitrogens with zero attached hydrogens (tertiary/aromatic N) is 2. The van der Waals surface area contributed by atoms with Gasteiger partial charge in [0.2, 0.25) is 0 Å². The van der Waals surface area contributed by atoms with Gasteiger partial charge in [0.15, 0.2) is 0 Å². The van der Waals surface area contributed by atoms with Crippen LogP contribution in [0.4, 0.5) is 0 Å². The molecule has 1 radical (unpaired) electrons.